The van der Waals surface area contributed by atoms with Crippen LogP contribution in [0.2, 0.25) is 0 Å². The number of pyridine rings is 1. The van der Waals surface area contributed by atoms with E-state index in [-0.39, 0.29) is 5.82 Å². The minimum absolute atomic E-state index is 0.257. The van der Waals surface area contributed by atoms with Crippen LogP contribution in [0, 0.1) is 18.3 Å². The van der Waals surface area contributed by atoms with Crippen LogP contribution in [0.3, 0.4) is 0 Å². The molecule has 0 aliphatic carbocycles. The van der Waals surface area contributed by atoms with Crippen molar-refractivity contribution in [2.45, 2.75) is 6.92 Å². The number of nitrogens with zero attached hydrogens (tertiary/aromatic N) is 3. The largest absolute Gasteiger partial charge is 0.383 e. The first-order valence-corrected chi connectivity index (χ1v) is 7.90. The van der Waals surface area contributed by atoms with Crippen molar-refractivity contribution in [3.63, 3.8) is 0 Å². The van der Waals surface area contributed by atoms with Gasteiger partial charge in [0.05, 0.1) is 5.69 Å². The van der Waals surface area contributed by atoms with E-state index >= 15 is 0 Å². The lowest BCUT2D eigenvalue weighted by molar-refractivity contribution is 0.934. The Morgan fingerprint density at radius 1 is 1.22 bits per heavy atom. The second-order valence-corrected chi connectivity index (χ2v) is 6.26. The minimum atomic E-state index is 0.257. The van der Waals surface area contributed by atoms with Crippen molar-refractivity contribution >= 4 is 21.7 Å². The standard InChI is InChI=1S/C18H15BrN4/c1-11-16(15-4-3-9-23(15)2)14(10-20)18(21)22-17(11)12-5-7-13(19)8-6-12/h3-9H,1-2H3,(H2,21,22). The molecule has 0 radical (unpaired) electrons. The Morgan fingerprint density at radius 2 is 1.91 bits per heavy atom. The van der Waals surface area contributed by atoms with Crippen molar-refractivity contribution in [3.05, 3.63) is 58.2 Å². The van der Waals surface area contributed by atoms with E-state index in [2.05, 4.69) is 27.0 Å². The number of nitrogen functional groups attached to an aromatic ring is 1. The highest BCUT2D eigenvalue weighted by Gasteiger charge is 2.19. The average molecular weight is 367 g/mol. The number of benzene rings is 1. The summed E-state index contributed by atoms with van der Waals surface area (Å²) in [7, 11) is 1.95. The lowest BCUT2D eigenvalue weighted by Crippen LogP contribution is -2.05. The normalized spacial score (nSPS) is 10.5. The number of anilines is 1. The van der Waals surface area contributed by atoms with Crippen molar-refractivity contribution < 1.29 is 0 Å². The molecule has 0 saturated carbocycles. The smallest absolute Gasteiger partial charge is 0.142 e. The van der Waals surface area contributed by atoms with Gasteiger partial charge in [0.25, 0.3) is 0 Å². The predicted molar refractivity (Wildman–Crippen MR) is 95.6 cm³/mol. The van der Waals surface area contributed by atoms with E-state index in [1.807, 2.05) is 61.1 Å². The van der Waals surface area contributed by atoms with Crippen LogP contribution in [0.5, 0.6) is 0 Å². The van der Waals surface area contributed by atoms with E-state index < -0.39 is 0 Å². The zero-order chi connectivity index (χ0) is 16.6. The average Bonchev–Trinajstić information content (AvgIpc) is 2.95. The molecule has 3 rings (SSSR count). The van der Waals surface area contributed by atoms with Crippen molar-refractivity contribution in [2.75, 3.05) is 5.73 Å². The van der Waals surface area contributed by atoms with Gasteiger partial charge in [0.15, 0.2) is 0 Å². The molecule has 2 aromatic heterocycles. The summed E-state index contributed by atoms with van der Waals surface area (Å²) >= 11 is 3.44. The Bertz CT molecular complexity index is 917. The van der Waals surface area contributed by atoms with Crippen LogP contribution < -0.4 is 5.73 Å². The molecule has 0 fully saturated rings. The van der Waals surface area contributed by atoms with Crippen LogP contribution in [0.1, 0.15) is 11.1 Å². The lowest BCUT2D eigenvalue weighted by atomic mass is 9.96. The molecule has 0 amide bonds. The van der Waals surface area contributed by atoms with Gasteiger partial charge in [-0.3, -0.25) is 0 Å². The first kappa shape index (κ1) is 15.3. The highest BCUT2D eigenvalue weighted by atomic mass is 79.9. The van der Waals surface area contributed by atoms with Gasteiger partial charge < -0.3 is 10.3 Å². The van der Waals surface area contributed by atoms with Gasteiger partial charge in [0.1, 0.15) is 17.5 Å². The van der Waals surface area contributed by atoms with Gasteiger partial charge in [-0.15, -0.1) is 0 Å². The summed E-state index contributed by atoms with van der Waals surface area (Å²) in [5, 5.41) is 9.53. The van der Waals surface area contributed by atoms with Gasteiger partial charge in [-0.05, 0) is 36.8 Å². The lowest BCUT2D eigenvalue weighted by Gasteiger charge is -2.15. The Balaban J connectivity index is 2.33. The van der Waals surface area contributed by atoms with Gasteiger partial charge in [-0.1, -0.05) is 28.1 Å². The molecule has 0 atom stereocenters. The molecule has 4 nitrogen and oxygen atoms in total. The summed E-state index contributed by atoms with van der Waals surface area (Å²) in [6.45, 7) is 1.98. The molecule has 0 aliphatic rings. The quantitative estimate of drug-likeness (QED) is 0.735. The molecule has 0 aliphatic heterocycles. The summed E-state index contributed by atoms with van der Waals surface area (Å²) in [6.07, 6.45) is 1.95. The van der Waals surface area contributed by atoms with Crippen molar-refractivity contribution in [1.29, 1.82) is 5.26 Å². The predicted octanol–water partition coefficient (Wildman–Crippen LogP) is 4.28. The summed E-state index contributed by atoms with van der Waals surface area (Å²) < 4.78 is 2.98. The second kappa shape index (κ2) is 5.90. The summed E-state index contributed by atoms with van der Waals surface area (Å²) in [5.74, 6) is 0.257. The summed E-state index contributed by atoms with van der Waals surface area (Å²) in [6, 6.07) is 14.0. The maximum Gasteiger partial charge on any atom is 0.142 e. The molecule has 1 aromatic carbocycles. The third-order valence-electron chi connectivity index (χ3n) is 3.90. The highest BCUT2D eigenvalue weighted by Crippen LogP contribution is 2.35. The first-order valence-electron chi connectivity index (χ1n) is 7.10. The van der Waals surface area contributed by atoms with E-state index in [1.165, 1.54) is 0 Å². The topological polar surface area (TPSA) is 67.6 Å². The van der Waals surface area contributed by atoms with Gasteiger partial charge >= 0.3 is 0 Å². The molecule has 23 heavy (non-hydrogen) atoms. The molecule has 5 heteroatoms. The number of hydrogen-bond acceptors (Lipinski definition) is 3. The first-order chi connectivity index (χ1) is 11.0. The molecule has 0 spiro atoms. The zero-order valence-corrected chi connectivity index (χ0v) is 14.4. The second-order valence-electron chi connectivity index (χ2n) is 5.34. The van der Waals surface area contributed by atoms with Crippen LogP contribution in [-0.2, 0) is 7.05 Å². The minimum Gasteiger partial charge on any atom is -0.383 e. The van der Waals surface area contributed by atoms with Gasteiger partial charge in [-0.25, -0.2) is 4.98 Å². The molecular weight excluding hydrogens is 352 g/mol. The van der Waals surface area contributed by atoms with Crippen molar-refractivity contribution in [3.8, 4) is 28.6 Å². The third-order valence-corrected chi connectivity index (χ3v) is 4.43. The summed E-state index contributed by atoms with van der Waals surface area (Å²) in [4.78, 5) is 4.47. The van der Waals surface area contributed by atoms with Crippen LogP contribution >= 0.6 is 15.9 Å². The molecule has 0 bridgehead atoms. The van der Waals surface area contributed by atoms with Crippen molar-refractivity contribution in [1.82, 2.24) is 9.55 Å². The van der Waals surface area contributed by atoms with Crippen LogP contribution in [-0.4, -0.2) is 9.55 Å². The monoisotopic (exact) mass is 366 g/mol. The summed E-state index contributed by atoms with van der Waals surface area (Å²) in [5.41, 5.74) is 11.0. The van der Waals surface area contributed by atoms with Crippen LogP contribution in [0.15, 0.2) is 47.1 Å². The maximum atomic E-state index is 9.53. The molecule has 0 unspecified atom stereocenters. The number of hydrogen-bond donors (Lipinski definition) is 1. The number of aryl methyl sites for hydroxylation is 1. The SMILES string of the molecule is Cc1c(-c2ccc(Br)cc2)nc(N)c(C#N)c1-c1cccn1C. The number of nitriles is 1. The van der Waals surface area contributed by atoms with E-state index in [0.29, 0.717) is 5.56 Å². The Hall–Kier alpha value is -2.58. The highest BCUT2D eigenvalue weighted by molar-refractivity contribution is 9.10. The maximum absolute atomic E-state index is 9.53. The zero-order valence-electron chi connectivity index (χ0n) is 12.8. The number of nitrogens with two attached hydrogens (primary N) is 1. The van der Waals surface area contributed by atoms with Gasteiger partial charge in [-0.2, -0.15) is 5.26 Å². The van der Waals surface area contributed by atoms with E-state index in [9.17, 15) is 5.26 Å². The molecular formula is C18H15BrN4. The Kier molecular flexibility index (Phi) is 3.93. The van der Waals surface area contributed by atoms with Crippen LogP contribution in [0.25, 0.3) is 22.5 Å². The van der Waals surface area contributed by atoms with Gasteiger partial charge in [0.2, 0.25) is 0 Å². The molecule has 2 heterocycles. The Morgan fingerprint density at radius 3 is 2.48 bits per heavy atom. The molecule has 3 aromatic rings. The fraction of sp³-hybridized carbons (Fsp3) is 0.111. The molecule has 114 valence electrons. The van der Waals surface area contributed by atoms with E-state index in [4.69, 9.17) is 5.73 Å². The fourth-order valence-corrected chi connectivity index (χ4v) is 3.00. The van der Waals surface area contributed by atoms with E-state index in [0.717, 1.165) is 32.6 Å². The number of halogens is 1. The Labute approximate surface area is 143 Å². The molecule has 2 N–H and O–H groups in total. The van der Waals surface area contributed by atoms with Crippen LogP contribution in [0.4, 0.5) is 5.82 Å². The van der Waals surface area contributed by atoms with Gasteiger partial charge in [0, 0.05) is 34.5 Å². The number of aromatic nitrogens is 2. The van der Waals surface area contributed by atoms with E-state index in [1.54, 1.807) is 0 Å². The molecule has 0 saturated heterocycles. The third kappa shape index (κ3) is 2.62. The fourth-order valence-electron chi connectivity index (χ4n) is 2.74. The van der Waals surface area contributed by atoms with Crippen molar-refractivity contribution in [2.24, 2.45) is 7.05 Å². The number of rotatable bonds is 2.